The fraction of sp³-hybridized carbons (Fsp3) is 0.0769. The van der Waals surface area contributed by atoms with Gasteiger partial charge in [-0.3, -0.25) is 10.1 Å². The molecule has 0 saturated carbocycles. The lowest BCUT2D eigenvalue weighted by molar-refractivity contribution is -0.387. The van der Waals surface area contributed by atoms with Gasteiger partial charge in [0.2, 0.25) is 5.82 Å². The molecule has 0 aliphatic carbocycles. The number of nitrogens with zero attached hydrogens (tertiary/aromatic N) is 1. The molecular weight excluding hydrogens is 313 g/mol. The van der Waals surface area contributed by atoms with E-state index in [9.17, 15) is 32.1 Å². The minimum absolute atomic E-state index is 0.301. The number of para-hydroxylation sites is 1. The average molecular weight is 319 g/mol. The number of hydrogen-bond donors (Lipinski definition) is 0. The van der Waals surface area contributed by atoms with E-state index >= 15 is 0 Å². The molecule has 0 atom stereocenters. The van der Waals surface area contributed by atoms with Gasteiger partial charge in [0, 0.05) is 11.1 Å². The van der Waals surface area contributed by atoms with Crippen molar-refractivity contribution in [3.05, 3.63) is 58.1 Å². The highest BCUT2D eigenvalue weighted by Crippen LogP contribution is 2.36. The SMILES string of the molecule is O=[N+]([O-])c1cc(F)c(-c2ccccc2OC(F)(F)F)cc1F. The van der Waals surface area contributed by atoms with Crippen LogP contribution in [0.2, 0.25) is 0 Å². The second-order valence-corrected chi connectivity index (χ2v) is 4.08. The van der Waals surface area contributed by atoms with Crippen molar-refractivity contribution >= 4 is 5.69 Å². The van der Waals surface area contributed by atoms with E-state index in [1.165, 1.54) is 12.1 Å². The molecule has 0 amide bonds. The molecule has 0 fully saturated rings. The first kappa shape index (κ1) is 15.7. The van der Waals surface area contributed by atoms with Crippen LogP contribution in [0.3, 0.4) is 0 Å². The first-order valence-electron chi connectivity index (χ1n) is 5.67. The summed E-state index contributed by atoms with van der Waals surface area (Å²) in [4.78, 5) is 9.36. The minimum Gasteiger partial charge on any atom is -0.405 e. The molecule has 0 saturated heterocycles. The molecule has 0 aliphatic heterocycles. The summed E-state index contributed by atoms with van der Waals surface area (Å²) in [6.07, 6.45) is -5.02. The smallest absolute Gasteiger partial charge is 0.405 e. The summed E-state index contributed by atoms with van der Waals surface area (Å²) < 4.78 is 68.1. The molecule has 0 aliphatic rings. The molecule has 0 N–H and O–H groups in total. The molecule has 0 bridgehead atoms. The zero-order chi connectivity index (χ0) is 16.5. The van der Waals surface area contributed by atoms with Crippen molar-refractivity contribution in [3.63, 3.8) is 0 Å². The van der Waals surface area contributed by atoms with Gasteiger partial charge < -0.3 is 4.74 Å². The second-order valence-electron chi connectivity index (χ2n) is 4.08. The van der Waals surface area contributed by atoms with Crippen LogP contribution in [-0.4, -0.2) is 11.3 Å². The molecule has 0 unspecified atom stereocenters. The van der Waals surface area contributed by atoms with Crippen LogP contribution in [0.5, 0.6) is 5.75 Å². The third kappa shape index (κ3) is 3.30. The molecule has 22 heavy (non-hydrogen) atoms. The Morgan fingerprint density at radius 3 is 2.23 bits per heavy atom. The maximum Gasteiger partial charge on any atom is 0.573 e. The fourth-order valence-electron chi connectivity index (χ4n) is 1.79. The van der Waals surface area contributed by atoms with Crippen LogP contribution in [0.25, 0.3) is 11.1 Å². The van der Waals surface area contributed by atoms with Crippen LogP contribution >= 0.6 is 0 Å². The maximum atomic E-state index is 13.9. The highest BCUT2D eigenvalue weighted by Gasteiger charge is 2.32. The van der Waals surface area contributed by atoms with E-state index in [0.29, 0.717) is 12.1 Å². The van der Waals surface area contributed by atoms with E-state index in [0.717, 1.165) is 12.1 Å². The summed E-state index contributed by atoms with van der Waals surface area (Å²) in [5, 5.41) is 10.5. The molecular formula is C13H6F5NO3. The summed E-state index contributed by atoms with van der Waals surface area (Å²) in [5.41, 5.74) is -2.08. The quantitative estimate of drug-likeness (QED) is 0.477. The van der Waals surface area contributed by atoms with Gasteiger partial charge in [0.1, 0.15) is 11.6 Å². The van der Waals surface area contributed by atoms with Crippen LogP contribution < -0.4 is 4.74 Å². The van der Waals surface area contributed by atoms with Crippen LogP contribution in [0, 0.1) is 21.7 Å². The van der Waals surface area contributed by atoms with Crippen molar-refractivity contribution in [3.8, 4) is 16.9 Å². The Kier molecular flexibility index (Phi) is 3.98. The number of hydrogen-bond acceptors (Lipinski definition) is 3. The van der Waals surface area contributed by atoms with Gasteiger partial charge in [-0.2, -0.15) is 4.39 Å². The van der Waals surface area contributed by atoms with E-state index in [2.05, 4.69) is 4.74 Å². The van der Waals surface area contributed by atoms with Crippen LogP contribution in [-0.2, 0) is 0 Å². The molecule has 0 aromatic heterocycles. The second kappa shape index (κ2) is 5.58. The number of ether oxygens (including phenoxy) is 1. The van der Waals surface area contributed by atoms with Gasteiger partial charge in [-0.25, -0.2) is 4.39 Å². The molecule has 9 heteroatoms. The van der Waals surface area contributed by atoms with Crippen molar-refractivity contribution in [2.45, 2.75) is 6.36 Å². The lowest BCUT2D eigenvalue weighted by Gasteiger charge is -2.13. The van der Waals surface area contributed by atoms with Crippen LogP contribution in [0.15, 0.2) is 36.4 Å². The van der Waals surface area contributed by atoms with Gasteiger partial charge in [0.25, 0.3) is 0 Å². The largest absolute Gasteiger partial charge is 0.573 e. The van der Waals surface area contributed by atoms with Gasteiger partial charge in [-0.05, 0) is 12.1 Å². The van der Waals surface area contributed by atoms with Crippen molar-refractivity contribution in [1.29, 1.82) is 0 Å². The standard InChI is InChI=1S/C13H6F5NO3/c14-9-6-11(19(20)21)10(15)5-8(9)7-3-1-2-4-12(7)22-13(16,17)18/h1-6H. The average Bonchev–Trinajstić information content (AvgIpc) is 2.39. The third-order valence-corrected chi connectivity index (χ3v) is 2.64. The summed E-state index contributed by atoms with van der Waals surface area (Å²) in [7, 11) is 0. The zero-order valence-corrected chi connectivity index (χ0v) is 10.5. The Labute approximate surface area is 119 Å². The molecule has 116 valence electrons. The predicted molar refractivity (Wildman–Crippen MR) is 65.1 cm³/mol. The number of rotatable bonds is 3. The Balaban J connectivity index is 2.58. The Morgan fingerprint density at radius 1 is 1.00 bits per heavy atom. The van der Waals surface area contributed by atoms with E-state index in [4.69, 9.17) is 0 Å². The number of alkyl halides is 3. The number of nitro benzene ring substituents is 1. The molecule has 0 spiro atoms. The van der Waals surface area contributed by atoms with Crippen LogP contribution in [0.1, 0.15) is 0 Å². The maximum absolute atomic E-state index is 13.9. The molecule has 0 heterocycles. The van der Waals surface area contributed by atoms with Gasteiger partial charge in [-0.1, -0.05) is 18.2 Å². The van der Waals surface area contributed by atoms with Crippen molar-refractivity contribution < 1.29 is 31.6 Å². The van der Waals surface area contributed by atoms with Crippen molar-refractivity contribution in [2.24, 2.45) is 0 Å². The normalized spacial score (nSPS) is 11.3. The molecule has 2 aromatic carbocycles. The zero-order valence-electron chi connectivity index (χ0n) is 10.5. The summed E-state index contributed by atoms with van der Waals surface area (Å²) in [5.74, 6) is -3.36. The molecule has 2 rings (SSSR count). The van der Waals surface area contributed by atoms with Crippen molar-refractivity contribution in [1.82, 2.24) is 0 Å². The highest BCUT2D eigenvalue weighted by molar-refractivity contribution is 5.72. The lowest BCUT2D eigenvalue weighted by atomic mass is 10.0. The fourth-order valence-corrected chi connectivity index (χ4v) is 1.79. The van der Waals surface area contributed by atoms with Crippen LogP contribution in [0.4, 0.5) is 27.6 Å². The third-order valence-electron chi connectivity index (χ3n) is 2.64. The highest BCUT2D eigenvalue weighted by atomic mass is 19.4. The monoisotopic (exact) mass is 319 g/mol. The van der Waals surface area contributed by atoms with Gasteiger partial charge in [0.05, 0.1) is 11.0 Å². The van der Waals surface area contributed by atoms with Gasteiger partial charge >= 0.3 is 12.0 Å². The minimum atomic E-state index is -5.02. The Bertz CT molecular complexity index is 730. The van der Waals surface area contributed by atoms with E-state index in [-0.39, 0.29) is 5.56 Å². The Morgan fingerprint density at radius 2 is 1.64 bits per heavy atom. The number of nitro groups is 1. The summed E-state index contributed by atoms with van der Waals surface area (Å²) in [6.45, 7) is 0. The van der Waals surface area contributed by atoms with Gasteiger partial charge in [0.15, 0.2) is 0 Å². The van der Waals surface area contributed by atoms with Gasteiger partial charge in [-0.15, -0.1) is 13.2 Å². The van der Waals surface area contributed by atoms with E-state index in [1.54, 1.807) is 0 Å². The predicted octanol–water partition coefficient (Wildman–Crippen LogP) is 4.44. The Hall–Kier alpha value is -2.71. The van der Waals surface area contributed by atoms with E-state index in [1.807, 2.05) is 0 Å². The first-order chi connectivity index (χ1) is 10.2. The number of benzene rings is 2. The summed E-state index contributed by atoms with van der Waals surface area (Å²) in [6, 6.07) is 5.25. The lowest BCUT2D eigenvalue weighted by Crippen LogP contribution is -2.17. The molecule has 4 nitrogen and oxygen atoms in total. The van der Waals surface area contributed by atoms with Crippen molar-refractivity contribution in [2.75, 3.05) is 0 Å². The first-order valence-corrected chi connectivity index (χ1v) is 5.67. The summed E-state index contributed by atoms with van der Waals surface area (Å²) >= 11 is 0. The molecule has 2 aromatic rings. The van der Waals surface area contributed by atoms with E-state index < -0.39 is 39.9 Å². The molecule has 0 radical (unpaired) electrons. The topological polar surface area (TPSA) is 52.4 Å². The number of halogens is 5.